The highest BCUT2D eigenvalue weighted by Gasteiger charge is 2.06. The highest BCUT2D eigenvalue weighted by molar-refractivity contribution is 5.96. The van der Waals surface area contributed by atoms with Gasteiger partial charge in [-0.15, -0.1) is 0 Å². The Bertz CT molecular complexity index is 971. The number of imidazole rings is 1. The number of benzene rings is 2. The lowest BCUT2D eigenvalue weighted by Gasteiger charge is -2.03. The second kappa shape index (κ2) is 4.96. The molecule has 4 rings (SSSR count). The molecule has 22 heavy (non-hydrogen) atoms. The van der Waals surface area contributed by atoms with Crippen molar-refractivity contribution in [1.82, 2.24) is 15.0 Å². The van der Waals surface area contributed by atoms with Crippen molar-refractivity contribution < 1.29 is 5.11 Å². The van der Waals surface area contributed by atoms with E-state index in [9.17, 15) is 5.11 Å². The molecule has 2 heterocycles. The summed E-state index contributed by atoms with van der Waals surface area (Å²) in [6, 6.07) is 14.8. The molecule has 0 saturated heterocycles. The van der Waals surface area contributed by atoms with Crippen LogP contribution < -0.4 is 0 Å². The number of aromatic amines is 1. The third kappa shape index (κ3) is 2.09. The van der Waals surface area contributed by atoms with Crippen molar-refractivity contribution in [3.8, 4) is 5.75 Å². The number of rotatable bonds is 2. The first kappa shape index (κ1) is 12.5. The van der Waals surface area contributed by atoms with E-state index in [0.29, 0.717) is 11.5 Å². The molecule has 2 aromatic heterocycles. The molecular formula is C17H12N4O. The van der Waals surface area contributed by atoms with Crippen LogP contribution in [0.25, 0.3) is 21.9 Å². The first-order valence-electron chi connectivity index (χ1n) is 6.87. The molecule has 0 amide bonds. The second-order valence-corrected chi connectivity index (χ2v) is 4.90. The normalized spacial score (nSPS) is 11.6. The number of hydrogen-bond acceptors (Lipinski definition) is 4. The van der Waals surface area contributed by atoms with Gasteiger partial charge in [-0.25, -0.2) is 9.98 Å². The van der Waals surface area contributed by atoms with E-state index < -0.39 is 0 Å². The SMILES string of the molecule is Oc1ccc2ncccc2c1N=Cc1nc2ccccc2[nH]1. The number of pyridine rings is 1. The average molecular weight is 288 g/mol. The van der Waals surface area contributed by atoms with Crippen LogP contribution in [0.15, 0.2) is 59.7 Å². The van der Waals surface area contributed by atoms with Crippen molar-refractivity contribution in [2.24, 2.45) is 4.99 Å². The predicted molar refractivity (Wildman–Crippen MR) is 86.8 cm³/mol. The fourth-order valence-corrected chi connectivity index (χ4v) is 2.42. The Hall–Kier alpha value is -3.21. The summed E-state index contributed by atoms with van der Waals surface area (Å²) in [5, 5.41) is 10.9. The minimum atomic E-state index is 0.118. The Morgan fingerprint density at radius 2 is 1.91 bits per heavy atom. The molecule has 5 nitrogen and oxygen atoms in total. The molecule has 0 unspecified atom stereocenters. The van der Waals surface area contributed by atoms with Crippen LogP contribution in [0.1, 0.15) is 5.82 Å². The molecule has 2 aromatic carbocycles. The van der Waals surface area contributed by atoms with Crippen molar-refractivity contribution in [2.45, 2.75) is 0 Å². The summed E-state index contributed by atoms with van der Waals surface area (Å²) < 4.78 is 0. The summed E-state index contributed by atoms with van der Waals surface area (Å²) in [6.45, 7) is 0. The molecule has 0 saturated carbocycles. The van der Waals surface area contributed by atoms with Gasteiger partial charge in [0.25, 0.3) is 0 Å². The van der Waals surface area contributed by atoms with Crippen LogP contribution in [0.5, 0.6) is 5.75 Å². The lowest BCUT2D eigenvalue weighted by Crippen LogP contribution is -1.84. The zero-order valence-electron chi connectivity index (χ0n) is 11.6. The van der Waals surface area contributed by atoms with Crippen LogP contribution in [0.2, 0.25) is 0 Å². The van der Waals surface area contributed by atoms with E-state index in [1.54, 1.807) is 24.5 Å². The lowest BCUT2D eigenvalue weighted by atomic mass is 10.1. The van der Waals surface area contributed by atoms with E-state index in [1.165, 1.54) is 0 Å². The minimum Gasteiger partial charge on any atom is -0.506 e. The number of nitrogens with zero attached hydrogens (tertiary/aromatic N) is 3. The zero-order chi connectivity index (χ0) is 14.9. The smallest absolute Gasteiger partial charge is 0.149 e. The van der Waals surface area contributed by atoms with E-state index in [4.69, 9.17) is 0 Å². The van der Waals surface area contributed by atoms with Crippen LogP contribution in [0.3, 0.4) is 0 Å². The quantitative estimate of drug-likeness (QED) is 0.554. The molecule has 0 radical (unpaired) electrons. The maximum Gasteiger partial charge on any atom is 0.149 e. The first-order valence-corrected chi connectivity index (χ1v) is 6.87. The van der Waals surface area contributed by atoms with E-state index in [-0.39, 0.29) is 5.75 Å². The summed E-state index contributed by atoms with van der Waals surface area (Å²) >= 11 is 0. The summed E-state index contributed by atoms with van der Waals surface area (Å²) in [4.78, 5) is 16.3. The van der Waals surface area contributed by atoms with Gasteiger partial charge in [0.05, 0.1) is 22.8 Å². The van der Waals surface area contributed by atoms with E-state index in [2.05, 4.69) is 19.9 Å². The van der Waals surface area contributed by atoms with Crippen LogP contribution in [-0.4, -0.2) is 26.3 Å². The molecule has 0 spiro atoms. The van der Waals surface area contributed by atoms with E-state index in [1.807, 2.05) is 36.4 Å². The number of hydrogen-bond donors (Lipinski definition) is 2. The van der Waals surface area contributed by atoms with Gasteiger partial charge in [0.15, 0.2) is 0 Å². The van der Waals surface area contributed by atoms with Crippen molar-refractivity contribution in [1.29, 1.82) is 0 Å². The fourth-order valence-electron chi connectivity index (χ4n) is 2.42. The predicted octanol–water partition coefficient (Wildman–Crippen LogP) is 3.57. The van der Waals surface area contributed by atoms with Crippen LogP contribution in [0, 0.1) is 0 Å². The Morgan fingerprint density at radius 3 is 2.82 bits per heavy atom. The van der Waals surface area contributed by atoms with Gasteiger partial charge in [-0.1, -0.05) is 12.1 Å². The highest BCUT2D eigenvalue weighted by atomic mass is 16.3. The van der Waals surface area contributed by atoms with Gasteiger partial charge in [-0.05, 0) is 36.4 Å². The number of H-pyrrole nitrogens is 1. The molecule has 0 aliphatic carbocycles. The molecule has 0 bridgehead atoms. The molecule has 0 atom stereocenters. The van der Waals surface area contributed by atoms with E-state index in [0.717, 1.165) is 21.9 Å². The number of aliphatic imine (C=N–C) groups is 1. The van der Waals surface area contributed by atoms with Crippen molar-refractivity contribution >= 4 is 33.8 Å². The average Bonchev–Trinajstić information content (AvgIpc) is 2.97. The summed E-state index contributed by atoms with van der Waals surface area (Å²) in [5.74, 6) is 0.759. The summed E-state index contributed by atoms with van der Waals surface area (Å²) in [6.07, 6.45) is 3.33. The number of phenols is 1. The number of fused-ring (bicyclic) bond motifs is 2. The van der Waals surface area contributed by atoms with Crippen molar-refractivity contribution in [3.05, 3.63) is 60.6 Å². The summed E-state index contributed by atoms with van der Waals surface area (Å²) in [7, 11) is 0. The van der Waals surface area contributed by atoms with Gasteiger partial charge in [-0.2, -0.15) is 0 Å². The van der Waals surface area contributed by atoms with Gasteiger partial charge in [0.2, 0.25) is 0 Å². The lowest BCUT2D eigenvalue weighted by molar-refractivity contribution is 0.477. The third-order valence-corrected chi connectivity index (χ3v) is 3.46. The largest absolute Gasteiger partial charge is 0.506 e. The Balaban J connectivity index is 1.81. The standard InChI is InChI=1S/C17H12N4O/c22-15-8-7-12-11(4-3-9-18-12)17(15)19-10-16-20-13-5-1-2-6-14(13)21-16/h1-10,22H,(H,20,21). The molecule has 106 valence electrons. The highest BCUT2D eigenvalue weighted by Crippen LogP contribution is 2.33. The van der Waals surface area contributed by atoms with Crippen LogP contribution >= 0.6 is 0 Å². The Labute approximate surface area is 126 Å². The minimum absolute atomic E-state index is 0.118. The van der Waals surface area contributed by atoms with Crippen molar-refractivity contribution in [3.63, 3.8) is 0 Å². The first-order chi connectivity index (χ1) is 10.8. The number of aromatic nitrogens is 3. The molecule has 5 heteroatoms. The van der Waals surface area contributed by atoms with Gasteiger partial charge >= 0.3 is 0 Å². The topological polar surface area (TPSA) is 74.2 Å². The molecule has 4 aromatic rings. The van der Waals surface area contributed by atoms with Gasteiger partial charge in [-0.3, -0.25) is 4.98 Å². The van der Waals surface area contributed by atoms with Gasteiger partial charge in [0.1, 0.15) is 17.3 Å². The second-order valence-electron chi connectivity index (χ2n) is 4.90. The van der Waals surface area contributed by atoms with Crippen LogP contribution in [0.4, 0.5) is 5.69 Å². The number of nitrogens with one attached hydrogen (secondary N) is 1. The number of aromatic hydroxyl groups is 1. The Kier molecular flexibility index (Phi) is 2.83. The number of phenolic OH excluding ortho intramolecular Hbond substituents is 1. The van der Waals surface area contributed by atoms with Crippen LogP contribution in [-0.2, 0) is 0 Å². The maximum absolute atomic E-state index is 10.1. The van der Waals surface area contributed by atoms with Crippen molar-refractivity contribution in [2.75, 3.05) is 0 Å². The molecule has 0 aliphatic heterocycles. The zero-order valence-corrected chi connectivity index (χ0v) is 11.6. The fraction of sp³-hybridized carbons (Fsp3) is 0. The monoisotopic (exact) mass is 288 g/mol. The summed E-state index contributed by atoms with van der Waals surface area (Å²) in [5.41, 5.74) is 3.11. The molecule has 0 aliphatic rings. The number of para-hydroxylation sites is 2. The molecule has 2 N–H and O–H groups in total. The Morgan fingerprint density at radius 1 is 1.00 bits per heavy atom. The maximum atomic E-state index is 10.1. The third-order valence-electron chi connectivity index (χ3n) is 3.46. The molecule has 0 fully saturated rings. The van der Waals surface area contributed by atoms with E-state index >= 15 is 0 Å². The van der Waals surface area contributed by atoms with Gasteiger partial charge < -0.3 is 10.1 Å². The van der Waals surface area contributed by atoms with Gasteiger partial charge in [0, 0.05) is 11.6 Å². The molecular weight excluding hydrogens is 276 g/mol.